The van der Waals surface area contributed by atoms with Crippen LogP contribution in [0.1, 0.15) is 17.4 Å². The molecule has 1 aromatic heterocycles. The van der Waals surface area contributed by atoms with Crippen LogP contribution in [0, 0.1) is 0 Å². The van der Waals surface area contributed by atoms with Crippen LogP contribution in [0.5, 0.6) is 5.75 Å². The molecule has 2 N–H and O–H groups in total. The van der Waals surface area contributed by atoms with Gasteiger partial charge in [-0.2, -0.15) is 0 Å². The number of aliphatic hydroxyl groups is 1. The van der Waals surface area contributed by atoms with Gasteiger partial charge in [-0.1, -0.05) is 36.4 Å². The molecule has 0 bridgehead atoms. The zero-order valence-corrected chi connectivity index (χ0v) is 10.9. The van der Waals surface area contributed by atoms with Gasteiger partial charge in [0.05, 0.1) is 17.3 Å². The van der Waals surface area contributed by atoms with Gasteiger partial charge >= 0.3 is 0 Å². The molecular formula is C17H15NO2. The number of pyridine rings is 1. The molecule has 0 radical (unpaired) electrons. The van der Waals surface area contributed by atoms with Crippen LogP contribution in [0.25, 0.3) is 10.9 Å². The number of phenolic OH excluding ortho intramolecular Hbond substituents is 1. The number of phenols is 1. The average Bonchev–Trinajstić information content (AvgIpc) is 2.49. The van der Waals surface area contributed by atoms with E-state index < -0.39 is 6.10 Å². The zero-order valence-electron chi connectivity index (χ0n) is 10.9. The number of aliphatic hydroxyl groups excluding tert-OH is 1. The second-order valence-corrected chi connectivity index (χ2v) is 4.82. The summed E-state index contributed by atoms with van der Waals surface area (Å²) in [5.74, 6) is 0.229. The van der Waals surface area contributed by atoms with Crippen LogP contribution in [0.15, 0.2) is 60.7 Å². The van der Waals surface area contributed by atoms with Gasteiger partial charge in [0.2, 0.25) is 0 Å². The van der Waals surface area contributed by atoms with E-state index in [1.165, 1.54) is 0 Å². The van der Waals surface area contributed by atoms with Crippen molar-refractivity contribution in [1.82, 2.24) is 4.98 Å². The summed E-state index contributed by atoms with van der Waals surface area (Å²) in [7, 11) is 0. The molecule has 3 heteroatoms. The SMILES string of the molecule is Oc1ccc(CC(O)c2ccc3ccccc3n2)cc1. The van der Waals surface area contributed by atoms with E-state index in [0.29, 0.717) is 12.1 Å². The molecule has 1 atom stereocenters. The summed E-state index contributed by atoms with van der Waals surface area (Å²) >= 11 is 0. The van der Waals surface area contributed by atoms with E-state index in [4.69, 9.17) is 0 Å². The summed E-state index contributed by atoms with van der Waals surface area (Å²) in [6.07, 6.45) is -0.171. The number of fused-ring (bicyclic) bond motifs is 1. The van der Waals surface area contributed by atoms with E-state index in [1.54, 1.807) is 24.3 Å². The lowest BCUT2D eigenvalue weighted by Gasteiger charge is -2.11. The molecule has 3 rings (SSSR count). The third-order valence-electron chi connectivity index (χ3n) is 3.33. The summed E-state index contributed by atoms with van der Waals surface area (Å²) in [5, 5.41) is 20.6. The normalized spacial score (nSPS) is 12.4. The largest absolute Gasteiger partial charge is 0.508 e. The smallest absolute Gasteiger partial charge is 0.115 e. The molecule has 0 aliphatic rings. The van der Waals surface area contributed by atoms with Crippen molar-refractivity contribution in [3.8, 4) is 5.75 Å². The van der Waals surface area contributed by atoms with E-state index in [-0.39, 0.29) is 5.75 Å². The van der Waals surface area contributed by atoms with Gasteiger partial charge in [-0.25, -0.2) is 0 Å². The van der Waals surface area contributed by atoms with Crippen molar-refractivity contribution >= 4 is 10.9 Å². The molecule has 20 heavy (non-hydrogen) atoms. The average molecular weight is 265 g/mol. The lowest BCUT2D eigenvalue weighted by atomic mass is 10.0. The first-order valence-electron chi connectivity index (χ1n) is 6.54. The minimum Gasteiger partial charge on any atom is -0.508 e. The third-order valence-corrected chi connectivity index (χ3v) is 3.33. The molecule has 2 aromatic carbocycles. The Morgan fingerprint density at radius 2 is 1.65 bits per heavy atom. The van der Waals surface area contributed by atoms with E-state index >= 15 is 0 Å². The number of aromatic hydroxyl groups is 1. The van der Waals surface area contributed by atoms with E-state index in [1.807, 2.05) is 36.4 Å². The van der Waals surface area contributed by atoms with Crippen LogP contribution >= 0.6 is 0 Å². The number of hydrogen-bond donors (Lipinski definition) is 2. The Hall–Kier alpha value is -2.39. The number of benzene rings is 2. The van der Waals surface area contributed by atoms with Crippen molar-refractivity contribution in [2.75, 3.05) is 0 Å². The van der Waals surface area contributed by atoms with Crippen LogP contribution in [0.2, 0.25) is 0 Å². The summed E-state index contributed by atoms with van der Waals surface area (Å²) in [6, 6.07) is 18.5. The van der Waals surface area contributed by atoms with Crippen LogP contribution in [0.3, 0.4) is 0 Å². The van der Waals surface area contributed by atoms with Crippen molar-refractivity contribution in [1.29, 1.82) is 0 Å². The lowest BCUT2D eigenvalue weighted by molar-refractivity contribution is 0.174. The second kappa shape index (κ2) is 5.31. The second-order valence-electron chi connectivity index (χ2n) is 4.82. The number of rotatable bonds is 3. The van der Waals surface area contributed by atoms with Gasteiger partial charge in [-0.3, -0.25) is 4.98 Å². The molecule has 0 fully saturated rings. The predicted octanol–water partition coefficient (Wildman–Crippen LogP) is 3.22. The van der Waals surface area contributed by atoms with Gasteiger partial charge < -0.3 is 10.2 Å². The first-order chi connectivity index (χ1) is 9.72. The quantitative estimate of drug-likeness (QED) is 0.764. The summed E-state index contributed by atoms with van der Waals surface area (Å²) in [4.78, 5) is 4.49. The highest BCUT2D eigenvalue weighted by atomic mass is 16.3. The number of para-hydroxylation sites is 1. The molecule has 100 valence electrons. The fourth-order valence-electron chi connectivity index (χ4n) is 2.23. The van der Waals surface area contributed by atoms with Crippen LogP contribution in [-0.4, -0.2) is 15.2 Å². The minimum atomic E-state index is -0.649. The lowest BCUT2D eigenvalue weighted by Crippen LogP contribution is -2.04. The van der Waals surface area contributed by atoms with Crippen molar-refractivity contribution in [3.05, 3.63) is 71.9 Å². The molecule has 1 unspecified atom stereocenters. The standard InChI is InChI=1S/C17H15NO2/c19-14-8-5-12(6-9-14)11-17(20)16-10-7-13-3-1-2-4-15(13)18-16/h1-10,17,19-20H,11H2. The Kier molecular flexibility index (Phi) is 3.35. The molecule has 0 saturated carbocycles. The summed E-state index contributed by atoms with van der Waals surface area (Å²) < 4.78 is 0. The Morgan fingerprint density at radius 3 is 2.45 bits per heavy atom. The molecule has 3 nitrogen and oxygen atoms in total. The maximum Gasteiger partial charge on any atom is 0.115 e. The topological polar surface area (TPSA) is 53.4 Å². The van der Waals surface area contributed by atoms with E-state index in [0.717, 1.165) is 16.5 Å². The predicted molar refractivity (Wildman–Crippen MR) is 78.5 cm³/mol. The minimum absolute atomic E-state index is 0.229. The Morgan fingerprint density at radius 1 is 0.900 bits per heavy atom. The highest BCUT2D eigenvalue weighted by molar-refractivity contribution is 5.78. The molecule has 0 saturated heterocycles. The van der Waals surface area contributed by atoms with Gasteiger partial charge in [-0.05, 0) is 29.8 Å². The molecule has 0 spiro atoms. The van der Waals surface area contributed by atoms with Gasteiger partial charge in [0.25, 0.3) is 0 Å². The van der Waals surface area contributed by atoms with E-state index in [2.05, 4.69) is 4.98 Å². The monoisotopic (exact) mass is 265 g/mol. The number of aromatic nitrogens is 1. The van der Waals surface area contributed by atoms with Gasteiger partial charge in [0.1, 0.15) is 5.75 Å². The molecule has 0 aliphatic heterocycles. The molecule has 0 aliphatic carbocycles. The van der Waals surface area contributed by atoms with E-state index in [9.17, 15) is 10.2 Å². The van der Waals surface area contributed by atoms with Crippen LogP contribution < -0.4 is 0 Å². The maximum absolute atomic E-state index is 10.3. The first-order valence-corrected chi connectivity index (χ1v) is 6.54. The Labute approximate surface area is 117 Å². The highest BCUT2D eigenvalue weighted by Crippen LogP contribution is 2.21. The Balaban J connectivity index is 1.84. The molecular weight excluding hydrogens is 250 g/mol. The van der Waals surface area contributed by atoms with Crippen molar-refractivity contribution in [3.63, 3.8) is 0 Å². The summed E-state index contributed by atoms with van der Waals surface area (Å²) in [6.45, 7) is 0. The zero-order chi connectivity index (χ0) is 13.9. The number of hydrogen-bond acceptors (Lipinski definition) is 3. The number of nitrogens with zero attached hydrogens (tertiary/aromatic N) is 1. The van der Waals surface area contributed by atoms with Gasteiger partial charge in [0.15, 0.2) is 0 Å². The maximum atomic E-state index is 10.3. The molecule has 3 aromatic rings. The molecule has 1 heterocycles. The van der Waals surface area contributed by atoms with Crippen molar-refractivity contribution in [2.45, 2.75) is 12.5 Å². The highest BCUT2D eigenvalue weighted by Gasteiger charge is 2.10. The van der Waals surface area contributed by atoms with Gasteiger partial charge in [0, 0.05) is 11.8 Å². The van der Waals surface area contributed by atoms with Crippen molar-refractivity contribution in [2.24, 2.45) is 0 Å². The van der Waals surface area contributed by atoms with Crippen molar-refractivity contribution < 1.29 is 10.2 Å². The first kappa shape index (κ1) is 12.6. The fourth-order valence-corrected chi connectivity index (χ4v) is 2.23. The van der Waals surface area contributed by atoms with Crippen LogP contribution in [0.4, 0.5) is 0 Å². The van der Waals surface area contributed by atoms with Crippen LogP contribution in [-0.2, 0) is 6.42 Å². The van der Waals surface area contributed by atoms with Gasteiger partial charge in [-0.15, -0.1) is 0 Å². The molecule has 0 amide bonds. The fraction of sp³-hybridized carbons (Fsp3) is 0.118. The Bertz CT molecular complexity index is 722. The summed E-state index contributed by atoms with van der Waals surface area (Å²) in [5.41, 5.74) is 2.51. The third kappa shape index (κ3) is 2.63.